The van der Waals surface area contributed by atoms with Gasteiger partial charge in [0.1, 0.15) is 5.67 Å². The number of hydrogen-bond donors (Lipinski definition) is 1. The monoisotopic (exact) mass is 202 g/mol. The van der Waals surface area contributed by atoms with Gasteiger partial charge in [-0.2, -0.15) is 0 Å². The van der Waals surface area contributed by atoms with E-state index in [-0.39, 0.29) is 12.5 Å². The van der Waals surface area contributed by atoms with Gasteiger partial charge in [-0.05, 0) is 6.42 Å². The molecule has 2 aliphatic rings. The van der Waals surface area contributed by atoms with E-state index in [0.717, 1.165) is 13.0 Å². The molecule has 4 nitrogen and oxygen atoms in total. The van der Waals surface area contributed by atoms with Crippen molar-refractivity contribution in [3.63, 3.8) is 0 Å². The van der Waals surface area contributed by atoms with Gasteiger partial charge in [-0.1, -0.05) is 0 Å². The van der Waals surface area contributed by atoms with Crippen LogP contribution < -0.4 is 5.32 Å². The van der Waals surface area contributed by atoms with Gasteiger partial charge < -0.3 is 15.0 Å². The fourth-order valence-electron chi connectivity index (χ4n) is 2.32. The van der Waals surface area contributed by atoms with E-state index >= 15 is 0 Å². The number of halogens is 1. The third-order valence-corrected chi connectivity index (χ3v) is 3.18. The lowest BCUT2D eigenvalue weighted by atomic mass is 9.86. The molecule has 2 heterocycles. The van der Waals surface area contributed by atoms with E-state index in [9.17, 15) is 9.18 Å². The number of piperidine rings is 1. The van der Waals surface area contributed by atoms with Crippen molar-refractivity contribution >= 4 is 6.09 Å². The number of likely N-dealkylation sites (tertiary alicyclic amines) is 1. The highest BCUT2D eigenvalue weighted by molar-refractivity contribution is 5.67. The van der Waals surface area contributed by atoms with E-state index in [1.54, 1.807) is 0 Å². The first-order valence-electron chi connectivity index (χ1n) is 4.88. The number of amides is 1. The van der Waals surface area contributed by atoms with Crippen molar-refractivity contribution < 1.29 is 13.9 Å². The highest BCUT2D eigenvalue weighted by Crippen LogP contribution is 2.34. The zero-order chi connectivity index (χ0) is 10.2. The van der Waals surface area contributed by atoms with E-state index in [1.807, 2.05) is 0 Å². The van der Waals surface area contributed by atoms with Gasteiger partial charge >= 0.3 is 6.09 Å². The number of nitrogens with one attached hydrogen (secondary N) is 1. The second-order valence-corrected chi connectivity index (χ2v) is 4.04. The number of hydrogen-bond acceptors (Lipinski definition) is 3. The summed E-state index contributed by atoms with van der Waals surface area (Å²) in [6.45, 7) is 1.85. The minimum absolute atomic E-state index is 0.0587. The summed E-state index contributed by atoms with van der Waals surface area (Å²) < 4.78 is 18.8. The SMILES string of the molecule is COC(=O)N1CC[C@H]2CNC[C@@]2(F)C1. The predicted octanol–water partition coefficient (Wildman–Crippen LogP) is 0.386. The average Bonchev–Trinajstić information content (AvgIpc) is 2.56. The largest absolute Gasteiger partial charge is 0.453 e. The summed E-state index contributed by atoms with van der Waals surface area (Å²) in [4.78, 5) is 12.7. The Morgan fingerprint density at radius 3 is 3.21 bits per heavy atom. The Morgan fingerprint density at radius 2 is 2.50 bits per heavy atom. The summed E-state index contributed by atoms with van der Waals surface area (Å²) in [5.74, 6) is 0.0587. The highest BCUT2D eigenvalue weighted by atomic mass is 19.1. The topological polar surface area (TPSA) is 41.6 Å². The van der Waals surface area contributed by atoms with E-state index in [1.165, 1.54) is 12.0 Å². The van der Waals surface area contributed by atoms with Crippen LogP contribution in [0.4, 0.5) is 9.18 Å². The van der Waals surface area contributed by atoms with Crippen molar-refractivity contribution in [3.8, 4) is 0 Å². The molecule has 2 rings (SSSR count). The first-order valence-corrected chi connectivity index (χ1v) is 4.88. The molecule has 2 atom stereocenters. The quantitative estimate of drug-likeness (QED) is 0.617. The van der Waals surface area contributed by atoms with Crippen LogP contribution >= 0.6 is 0 Å². The van der Waals surface area contributed by atoms with Crippen LogP contribution in [0.5, 0.6) is 0 Å². The Kier molecular flexibility index (Phi) is 2.34. The minimum Gasteiger partial charge on any atom is -0.453 e. The average molecular weight is 202 g/mol. The van der Waals surface area contributed by atoms with Crippen LogP contribution in [0, 0.1) is 5.92 Å². The van der Waals surface area contributed by atoms with Crippen LogP contribution in [0.1, 0.15) is 6.42 Å². The van der Waals surface area contributed by atoms with Crippen LogP contribution in [-0.4, -0.2) is 50.0 Å². The molecule has 0 saturated carbocycles. The zero-order valence-corrected chi connectivity index (χ0v) is 8.25. The number of ether oxygens (including phenoxy) is 1. The van der Waals surface area contributed by atoms with Gasteiger partial charge in [-0.25, -0.2) is 9.18 Å². The van der Waals surface area contributed by atoms with Gasteiger partial charge in [0.05, 0.1) is 13.7 Å². The van der Waals surface area contributed by atoms with Crippen molar-refractivity contribution in [2.45, 2.75) is 12.1 Å². The minimum atomic E-state index is -1.24. The molecule has 1 amide bonds. The van der Waals surface area contributed by atoms with Crippen molar-refractivity contribution in [2.75, 3.05) is 33.3 Å². The maximum absolute atomic E-state index is 14.2. The number of nitrogens with zero attached hydrogens (tertiary/aromatic N) is 1. The van der Waals surface area contributed by atoms with Crippen LogP contribution in [0.2, 0.25) is 0 Å². The normalized spacial score (nSPS) is 36.7. The van der Waals surface area contributed by atoms with E-state index in [4.69, 9.17) is 0 Å². The number of rotatable bonds is 0. The van der Waals surface area contributed by atoms with E-state index < -0.39 is 11.8 Å². The number of alkyl halides is 1. The Morgan fingerprint density at radius 1 is 1.71 bits per heavy atom. The van der Waals surface area contributed by atoms with Gasteiger partial charge in [0.15, 0.2) is 0 Å². The summed E-state index contributed by atoms with van der Waals surface area (Å²) >= 11 is 0. The van der Waals surface area contributed by atoms with Crippen LogP contribution in [0.25, 0.3) is 0 Å². The molecule has 0 radical (unpaired) electrons. The first-order chi connectivity index (χ1) is 6.65. The summed E-state index contributed by atoms with van der Waals surface area (Å²) in [6.07, 6.45) is 0.297. The highest BCUT2D eigenvalue weighted by Gasteiger charge is 2.48. The molecule has 0 spiro atoms. The molecule has 0 aromatic heterocycles. The molecule has 2 fully saturated rings. The van der Waals surface area contributed by atoms with Crippen molar-refractivity contribution in [1.29, 1.82) is 0 Å². The maximum atomic E-state index is 14.2. The van der Waals surface area contributed by atoms with Gasteiger partial charge in [0.25, 0.3) is 0 Å². The molecular weight excluding hydrogens is 187 g/mol. The molecule has 0 aromatic rings. The second-order valence-electron chi connectivity index (χ2n) is 4.04. The first kappa shape index (κ1) is 9.71. The van der Waals surface area contributed by atoms with Crippen molar-refractivity contribution in [3.05, 3.63) is 0 Å². The summed E-state index contributed by atoms with van der Waals surface area (Å²) in [7, 11) is 1.33. The molecule has 0 aliphatic carbocycles. The molecule has 2 aliphatic heterocycles. The lowest BCUT2D eigenvalue weighted by molar-refractivity contribution is 0.0224. The molecule has 0 bridgehead atoms. The smallest absolute Gasteiger partial charge is 0.409 e. The van der Waals surface area contributed by atoms with Crippen molar-refractivity contribution in [2.24, 2.45) is 5.92 Å². The van der Waals surface area contributed by atoms with Crippen molar-refractivity contribution in [1.82, 2.24) is 10.2 Å². The second kappa shape index (κ2) is 3.38. The van der Waals surface area contributed by atoms with Gasteiger partial charge in [0.2, 0.25) is 0 Å². The number of carbonyl (C=O) groups excluding carboxylic acids is 1. The fourth-order valence-corrected chi connectivity index (χ4v) is 2.32. The molecular formula is C9H15FN2O2. The lowest BCUT2D eigenvalue weighted by Crippen LogP contribution is -2.52. The molecule has 5 heteroatoms. The van der Waals surface area contributed by atoms with Gasteiger partial charge in [-0.15, -0.1) is 0 Å². The fraction of sp³-hybridized carbons (Fsp3) is 0.889. The number of carbonyl (C=O) groups is 1. The summed E-state index contributed by atoms with van der Waals surface area (Å²) in [6, 6.07) is 0. The molecule has 80 valence electrons. The zero-order valence-electron chi connectivity index (χ0n) is 8.25. The van der Waals surface area contributed by atoms with Crippen LogP contribution in [-0.2, 0) is 4.74 Å². The Hall–Kier alpha value is -0.840. The molecule has 14 heavy (non-hydrogen) atoms. The Balaban J connectivity index is 2.04. The van der Waals surface area contributed by atoms with Crippen LogP contribution in [0.3, 0.4) is 0 Å². The third kappa shape index (κ3) is 1.45. The maximum Gasteiger partial charge on any atom is 0.409 e. The van der Waals surface area contributed by atoms with Gasteiger partial charge in [0, 0.05) is 25.6 Å². The Labute approximate surface area is 82.4 Å². The number of fused-ring (bicyclic) bond motifs is 1. The molecule has 2 saturated heterocycles. The third-order valence-electron chi connectivity index (χ3n) is 3.18. The Bertz CT molecular complexity index is 249. The van der Waals surface area contributed by atoms with E-state index in [0.29, 0.717) is 13.1 Å². The summed E-state index contributed by atoms with van der Waals surface area (Å²) in [5.41, 5.74) is -1.24. The molecule has 1 N–H and O–H groups in total. The standard InChI is InChI=1S/C9H15FN2O2/c1-14-8(13)12-3-2-7-4-11-5-9(7,10)6-12/h7,11H,2-6H2,1H3/t7-,9+/m0/s1. The number of methoxy groups -OCH3 is 1. The van der Waals surface area contributed by atoms with E-state index in [2.05, 4.69) is 10.1 Å². The van der Waals surface area contributed by atoms with Gasteiger partial charge in [-0.3, -0.25) is 0 Å². The molecule has 0 aromatic carbocycles. The van der Waals surface area contributed by atoms with Crippen LogP contribution in [0.15, 0.2) is 0 Å². The predicted molar refractivity (Wildman–Crippen MR) is 48.8 cm³/mol. The molecule has 0 unspecified atom stereocenters. The summed E-state index contributed by atoms with van der Waals surface area (Å²) in [5, 5.41) is 3.03. The lowest BCUT2D eigenvalue weighted by Gasteiger charge is -2.37.